The second kappa shape index (κ2) is 7.06. The SMILES string of the molecule is COC(=O)C(O)CNC(=O)CC1=CCCCC1. The van der Waals surface area contributed by atoms with E-state index in [1.54, 1.807) is 0 Å². The number of allylic oxidation sites excluding steroid dienone is 1. The highest BCUT2D eigenvalue weighted by Gasteiger charge is 2.16. The zero-order valence-corrected chi connectivity index (χ0v) is 10.1. The molecule has 0 bridgehead atoms. The van der Waals surface area contributed by atoms with Crippen LogP contribution in [0.15, 0.2) is 11.6 Å². The third kappa shape index (κ3) is 4.99. The van der Waals surface area contributed by atoms with Crippen molar-refractivity contribution in [2.45, 2.75) is 38.2 Å². The summed E-state index contributed by atoms with van der Waals surface area (Å²) < 4.78 is 4.34. The average molecular weight is 241 g/mol. The van der Waals surface area contributed by atoms with Gasteiger partial charge in [-0.1, -0.05) is 11.6 Å². The Hall–Kier alpha value is -1.36. The van der Waals surface area contributed by atoms with Gasteiger partial charge in [-0.15, -0.1) is 0 Å². The van der Waals surface area contributed by atoms with Gasteiger partial charge in [0.15, 0.2) is 6.10 Å². The fourth-order valence-corrected chi connectivity index (χ4v) is 1.76. The van der Waals surface area contributed by atoms with Crippen molar-refractivity contribution in [3.63, 3.8) is 0 Å². The number of rotatable bonds is 5. The van der Waals surface area contributed by atoms with Gasteiger partial charge in [-0.3, -0.25) is 4.79 Å². The van der Waals surface area contributed by atoms with Crippen LogP contribution < -0.4 is 5.32 Å². The minimum absolute atomic E-state index is 0.0984. The van der Waals surface area contributed by atoms with E-state index in [2.05, 4.69) is 16.1 Å². The smallest absolute Gasteiger partial charge is 0.336 e. The molecule has 0 fully saturated rings. The van der Waals surface area contributed by atoms with E-state index in [0.717, 1.165) is 24.8 Å². The molecule has 0 aromatic heterocycles. The van der Waals surface area contributed by atoms with Crippen molar-refractivity contribution in [1.29, 1.82) is 0 Å². The number of aliphatic hydroxyl groups is 1. The van der Waals surface area contributed by atoms with Crippen LogP contribution in [0, 0.1) is 0 Å². The van der Waals surface area contributed by atoms with Crippen molar-refractivity contribution in [3.05, 3.63) is 11.6 Å². The normalized spacial score (nSPS) is 16.9. The van der Waals surface area contributed by atoms with Crippen LogP contribution in [0.5, 0.6) is 0 Å². The first-order valence-electron chi connectivity index (χ1n) is 5.84. The second-order valence-electron chi connectivity index (χ2n) is 4.13. The van der Waals surface area contributed by atoms with Gasteiger partial charge in [0.1, 0.15) is 0 Å². The monoisotopic (exact) mass is 241 g/mol. The molecular weight excluding hydrogens is 222 g/mol. The Bertz CT molecular complexity index is 312. The van der Waals surface area contributed by atoms with Crippen molar-refractivity contribution < 1.29 is 19.4 Å². The lowest BCUT2D eigenvalue weighted by Gasteiger charge is -2.13. The summed E-state index contributed by atoms with van der Waals surface area (Å²) in [6, 6.07) is 0. The van der Waals surface area contributed by atoms with Crippen LogP contribution in [-0.4, -0.2) is 36.7 Å². The van der Waals surface area contributed by atoms with Crippen LogP contribution in [0.1, 0.15) is 32.1 Å². The van der Waals surface area contributed by atoms with E-state index in [4.69, 9.17) is 0 Å². The lowest BCUT2D eigenvalue weighted by molar-refractivity contribution is -0.150. The summed E-state index contributed by atoms with van der Waals surface area (Å²) in [7, 11) is 1.19. The highest BCUT2D eigenvalue weighted by Crippen LogP contribution is 2.19. The van der Waals surface area contributed by atoms with E-state index in [1.807, 2.05) is 0 Å². The molecule has 0 heterocycles. The first kappa shape index (κ1) is 13.7. The Labute approximate surface area is 101 Å². The summed E-state index contributed by atoms with van der Waals surface area (Å²) in [6.45, 7) is -0.0984. The van der Waals surface area contributed by atoms with Gasteiger partial charge in [0.25, 0.3) is 0 Å². The van der Waals surface area contributed by atoms with Crippen molar-refractivity contribution >= 4 is 11.9 Å². The largest absolute Gasteiger partial charge is 0.467 e. The molecule has 1 rings (SSSR count). The summed E-state index contributed by atoms with van der Waals surface area (Å²) in [5.41, 5.74) is 1.14. The lowest BCUT2D eigenvalue weighted by atomic mass is 9.97. The molecular formula is C12H19NO4. The van der Waals surface area contributed by atoms with E-state index < -0.39 is 12.1 Å². The summed E-state index contributed by atoms with van der Waals surface area (Å²) in [5, 5.41) is 11.8. The third-order valence-electron chi connectivity index (χ3n) is 2.74. The fourth-order valence-electron chi connectivity index (χ4n) is 1.76. The van der Waals surface area contributed by atoms with Crippen LogP contribution in [0.25, 0.3) is 0 Å². The first-order chi connectivity index (χ1) is 8.13. The number of carbonyl (C=O) groups is 2. The number of carbonyl (C=O) groups excluding carboxylic acids is 2. The Morgan fingerprint density at radius 1 is 1.53 bits per heavy atom. The molecule has 0 spiro atoms. The molecule has 1 aliphatic carbocycles. The van der Waals surface area contributed by atoms with Gasteiger partial charge in [0.05, 0.1) is 13.7 Å². The molecule has 1 atom stereocenters. The minimum Gasteiger partial charge on any atom is -0.467 e. The number of esters is 1. The number of ether oxygens (including phenoxy) is 1. The Balaban J connectivity index is 2.25. The lowest BCUT2D eigenvalue weighted by Crippen LogP contribution is -2.37. The second-order valence-corrected chi connectivity index (χ2v) is 4.13. The van der Waals surface area contributed by atoms with Crippen LogP contribution in [0.2, 0.25) is 0 Å². The molecule has 5 heteroatoms. The van der Waals surface area contributed by atoms with Gasteiger partial charge in [-0.05, 0) is 25.7 Å². The van der Waals surface area contributed by atoms with Crippen molar-refractivity contribution in [2.24, 2.45) is 0 Å². The minimum atomic E-state index is -1.29. The van der Waals surface area contributed by atoms with Crippen molar-refractivity contribution in [1.82, 2.24) is 5.32 Å². The predicted octanol–water partition coefficient (Wildman–Crippen LogP) is 0.527. The van der Waals surface area contributed by atoms with Gasteiger partial charge in [-0.25, -0.2) is 4.79 Å². The number of hydrogen-bond acceptors (Lipinski definition) is 4. The van der Waals surface area contributed by atoms with Gasteiger partial charge >= 0.3 is 5.97 Å². The van der Waals surface area contributed by atoms with Crippen LogP contribution in [0.4, 0.5) is 0 Å². The highest BCUT2D eigenvalue weighted by molar-refractivity contribution is 5.80. The molecule has 0 saturated heterocycles. The molecule has 0 aromatic carbocycles. The molecule has 0 aromatic rings. The maximum Gasteiger partial charge on any atom is 0.336 e. The zero-order valence-electron chi connectivity index (χ0n) is 10.1. The fraction of sp³-hybridized carbons (Fsp3) is 0.667. The van der Waals surface area contributed by atoms with Gasteiger partial charge in [-0.2, -0.15) is 0 Å². The van der Waals surface area contributed by atoms with Crippen molar-refractivity contribution in [3.8, 4) is 0 Å². The Morgan fingerprint density at radius 3 is 2.88 bits per heavy atom. The van der Waals surface area contributed by atoms with Gasteiger partial charge in [0.2, 0.25) is 5.91 Å². The quantitative estimate of drug-likeness (QED) is 0.543. The Kier molecular flexibility index (Phi) is 5.69. The number of nitrogens with one attached hydrogen (secondary N) is 1. The average Bonchev–Trinajstić information content (AvgIpc) is 2.36. The van der Waals surface area contributed by atoms with Crippen LogP contribution >= 0.6 is 0 Å². The standard InChI is InChI=1S/C12H19NO4/c1-17-12(16)10(14)8-13-11(15)7-9-5-3-2-4-6-9/h5,10,14H,2-4,6-8H2,1H3,(H,13,15). The van der Waals surface area contributed by atoms with E-state index in [0.29, 0.717) is 6.42 Å². The maximum absolute atomic E-state index is 11.5. The summed E-state index contributed by atoms with van der Waals surface area (Å²) in [6.07, 6.45) is 5.48. The topological polar surface area (TPSA) is 75.6 Å². The molecule has 0 saturated carbocycles. The molecule has 17 heavy (non-hydrogen) atoms. The molecule has 0 radical (unpaired) electrons. The third-order valence-corrected chi connectivity index (χ3v) is 2.74. The summed E-state index contributed by atoms with van der Waals surface area (Å²) in [4.78, 5) is 22.4. The van der Waals surface area contributed by atoms with Gasteiger partial charge in [0, 0.05) is 6.42 Å². The van der Waals surface area contributed by atoms with E-state index >= 15 is 0 Å². The molecule has 96 valence electrons. The molecule has 1 amide bonds. The molecule has 0 aliphatic heterocycles. The highest BCUT2D eigenvalue weighted by atomic mass is 16.5. The Morgan fingerprint density at radius 2 is 2.29 bits per heavy atom. The summed E-state index contributed by atoms with van der Waals surface area (Å²) >= 11 is 0. The summed E-state index contributed by atoms with van der Waals surface area (Å²) in [5.74, 6) is -0.900. The number of amides is 1. The molecule has 2 N–H and O–H groups in total. The number of aliphatic hydroxyl groups excluding tert-OH is 1. The van der Waals surface area contributed by atoms with Gasteiger partial charge < -0.3 is 15.2 Å². The van der Waals surface area contributed by atoms with Crippen LogP contribution in [0.3, 0.4) is 0 Å². The first-order valence-corrected chi connectivity index (χ1v) is 5.84. The van der Waals surface area contributed by atoms with E-state index in [-0.39, 0.29) is 12.5 Å². The van der Waals surface area contributed by atoms with Crippen LogP contribution in [-0.2, 0) is 14.3 Å². The van der Waals surface area contributed by atoms with E-state index in [9.17, 15) is 14.7 Å². The van der Waals surface area contributed by atoms with E-state index in [1.165, 1.54) is 13.5 Å². The maximum atomic E-state index is 11.5. The molecule has 1 aliphatic rings. The number of methoxy groups -OCH3 is 1. The zero-order chi connectivity index (χ0) is 12.7. The van der Waals surface area contributed by atoms with Crippen molar-refractivity contribution in [2.75, 3.05) is 13.7 Å². The predicted molar refractivity (Wildman–Crippen MR) is 62.2 cm³/mol. The number of hydrogen-bond donors (Lipinski definition) is 2. The molecule has 5 nitrogen and oxygen atoms in total. The molecule has 1 unspecified atom stereocenters.